The minimum absolute atomic E-state index is 0.00172. The molecule has 0 spiro atoms. The van der Waals surface area contributed by atoms with Crippen molar-refractivity contribution in [2.75, 3.05) is 46.9 Å². The van der Waals surface area contributed by atoms with Crippen molar-refractivity contribution in [2.45, 2.75) is 12.7 Å². The lowest BCUT2D eigenvalue weighted by atomic mass is 10.1. The summed E-state index contributed by atoms with van der Waals surface area (Å²) in [6, 6.07) is 22.2. The Labute approximate surface area is 222 Å². The van der Waals surface area contributed by atoms with Gasteiger partial charge in [-0.2, -0.15) is 0 Å². The summed E-state index contributed by atoms with van der Waals surface area (Å²) < 4.78 is 16.6. The molecule has 8 heteroatoms. The number of ether oxygens (including phenoxy) is 3. The van der Waals surface area contributed by atoms with E-state index >= 15 is 0 Å². The van der Waals surface area contributed by atoms with E-state index in [2.05, 4.69) is 4.90 Å². The maximum absolute atomic E-state index is 12.9. The van der Waals surface area contributed by atoms with Crippen LogP contribution in [0.5, 0.6) is 5.75 Å². The van der Waals surface area contributed by atoms with Gasteiger partial charge >= 0.3 is 5.97 Å². The monoisotopic (exact) mass is 522 g/mol. The normalized spacial score (nSPS) is 14.7. The van der Waals surface area contributed by atoms with Crippen molar-refractivity contribution in [3.8, 4) is 5.75 Å². The van der Waals surface area contributed by atoms with Gasteiger partial charge in [-0.05, 0) is 53.6 Å². The minimum Gasteiger partial charge on any atom is -0.497 e. The standard InChI is InChI=1S/C29H31ClN2O5/c1-35-26-8-4-5-23(18-26)27(37-20-21-9-11-22(12-10-21)29(34)36-2)19-31-13-15-32(16-14-31)28(33)24-6-3-7-25(30)17-24/h3-12,17-18,27H,13-16,19-20H2,1-2H3. The van der Waals surface area contributed by atoms with Crippen LogP contribution in [0.15, 0.2) is 72.8 Å². The molecule has 3 aromatic rings. The number of esters is 1. The molecule has 1 aliphatic heterocycles. The smallest absolute Gasteiger partial charge is 0.337 e. The molecule has 0 saturated carbocycles. The number of rotatable bonds is 9. The maximum atomic E-state index is 12.9. The van der Waals surface area contributed by atoms with Crippen molar-refractivity contribution >= 4 is 23.5 Å². The second kappa shape index (κ2) is 12.7. The lowest BCUT2D eigenvalue weighted by Crippen LogP contribution is -2.49. The van der Waals surface area contributed by atoms with E-state index in [0.717, 1.165) is 30.0 Å². The number of methoxy groups -OCH3 is 2. The molecule has 4 rings (SSSR count). The highest BCUT2D eigenvalue weighted by Gasteiger charge is 2.25. The van der Waals surface area contributed by atoms with E-state index in [9.17, 15) is 9.59 Å². The molecule has 0 bridgehead atoms. The molecule has 0 aliphatic carbocycles. The van der Waals surface area contributed by atoms with E-state index in [-0.39, 0.29) is 18.0 Å². The first-order chi connectivity index (χ1) is 18.0. The summed E-state index contributed by atoms with van der Waals surface area (Å²) in [5.74, 6) is 0.401. The fraction of sp³-hybridized carbons (Fsp3) is 0.310. The van der Waals surface area contributed by atoms with Crippen LogP contribution in [0.25, 0.3) is 0 Å². The molecule has 1 unspecified atom stereocenters. The zero-order valence-electron chi connectivity index (χ0n) is 21.1. The van der Waals surface area contributed by atoms with E-state index in [0.29, 0.717) is 42.4 Å². The van der Waals surface area contributed by atoms with E-state index in [1.165, 1.54) is 7.11 Å². The summed E-state index contributed by atoms with van der Waals surface area (Å²) in [7, 11) is 3.01. The second-order valence-electron chi connectivity index (χ2n) is 8.87. The fourth-order valence-corrected chi connectivity index (χ4v) is 4.51. The zero-order chi connectivity index (χ0) is 26.2. The first kappa shape index (κ1) is 26.7. The lowest BCUT2D eigenvalue weighted by molar-refractivity contribution is 0.00331. The molecular formula is C29H31ClN2O5. The summed E-state index contributed by atoms with van der Waals surface area (Å²) in [6.07, 6.45) is -0.203. The van der Waals surface area contributed by atoms with Gasteiger partial charge in [0.2, 0.25) is 0 Å². The summed E-state index contributed by atoms with van der Waals surface area (Å²) >= 11 is 6.07. The number of hydrogen-bond donors (Lipinski definition) is 0. The Kier molecular flexibility index (Phi) is 9.17. The number of benzene rings is 3. The van der Waals surface area contributed by atoms with Crippen LogP contribution >= 0.6 is 11.6 Å². The Morgan fingerprint density at radius 2 is 1.62 bits per heavy atom. The summed E-state index contributed by atoms with van der Waals surface area (Å²) in [6.45, 7) is 3.80. The molecule has 0 N–H and O–H groups in total. The maximum Gasteiger partial charge on any atom is 0.337 e. The molecule has 194 valence electrons. The second-order valence-corrected chi connectivity index (χ2v) is 9.30. The van der Waals surface area contributed by atoms with Crippen molar-refractivity contribution in [3.63, 3.8) is 0 Å². The Morgan fingerprint density at radius 3 is 2.30 bits per heavy atom. The van der Waals surface area contributed by atoms with Crippen LogP contribution in [0.2, 0.25) is 5.02 Å². The SMILES string of the molecule is COC(=O)c1ccc(COC(CN2CCN(C(=O)c3cccc(Cl)c3)CC2)c2cccc(OC)c2)cc1. The molecule has 1 atom stereocenters. The van der Waals surface area contributed by atoms with Crippen molar-refractivity contribution < 1.29 is 23.8 Å². The summed E-state index contributed by atoms with van der Waals surface area (Å²) in [5.41, 5.74) is 3.08. The predicted molar refractivity (Wildman–Crippen MR) is 142 cm³/mol. The van der Waals surface area contributed by atoms with Crippen LogP contribution in [0.1, 0.15) is 37.9 Å². The molecule has 7 nitrogen and oxygen atoms in total. The molecule has 0 radical (unpaired) electrons. The van der Waals surface area contributed by atoms with Gasteiger partial charge in [-0.3, -0.25) is 9.69 Å². The van der Waals surface area contributed by atoms with Crippen molar-refractivity contribution in [2.24, 2.45) is 0 Å². The molecule has 1 fully saturated rings. The quantitative estimate of drug-likeness (QED) is 0.374. The average molecular weight is 523 g/mol. The predicted octanol–water partition coefficient (Wildman–Crippen LogP) is 4.85. The number of carbonyl (C=O) groups is 2. The summed E-state index contributed by atoms with van der Waals surface area (Å²) in [5, 5.41) is 0.558. The third-order valence-corrected chi connectivity index (χ3v) is 6.68. The van der Waals surface area contributed by atoms with Gasteiger partial charge in [0, 0.05) is 43.3 Å². The highest BCUT2D eigenvalue weighted by atomic mass is 35.5. The third kappa shape index (κ3) is 7.10. The van der Waals surface area contributed by atoms with Crippen LogP contribution in [-0.4, -0.2) is 68.6 Å². The van der Waals surface area contributed by atoms with Gasteiger partial charge in [0.05, 0.1) is 32.5 Å². The highest BCUT2D eigenvalue weighted by molar-refractivity contribution is 6.30. The van der Waals surface area contributed by atoms with E-state index in [1.54, 1.807) is 43.5 Å². The van der Waals surface area contributed by atoms with Gasteiger partial charge in [-0.25, -0.2) is 4.79 Å². The first-order valence-electron chi connectivity index (χ1n) is 12.2. The van der Waals surface area contributed by atoms with Crippen molar-refractivity contribution in [1.29, 1.82) is 0 Å². The van der Waals surface area contributed by atoms with Gasteiger partial charge in [0.25, 0.3) is 5.91 Å². The Bertz CT molecular complexity index is 1210. The number of amides is 1. The van der Waals surface area contributed by atoms with Gasteiger partial charge in [0.1, 0.15) is 5.75 Å². The molecule has 0 aromatic heterocycles. The number of halogens is 1. The van der Waals surface area contributed by atoms with Gasteiger partial charge in [-0.15, -0.1) is 0 Å². The fourth-order valence-electron chi connectivity index (χ4n) is 4.32. The van der Waals surface area contributed by atoms with Crippen LogP contribution in [0.3, 0.4) is 0 Å². The number of carbonyl (C=O) groups excluding carboxylic acids is 2. The van der Waals surface area contributed by atoms with Gasteiger partial charge in [0.15, 0.2) is 0 Å². The van der Waals surface area contributed by atoms with Crippen molar-refractivity contribution in [1.82, 2.24) is 9.80 Å². The third-order valence-electron chi connectivity index (χ3n) is 6.45. The Balaban J connectivity index is 1.40. The van der Waals surface area contributed by atoms with E-state index < -0.39 is 0 Å². The topological polar surface area (TPSA) is 68.3 Å². The molecule has 1 heterocycles. The van der Waals surface area contributed by atoms with E-state index in [4.69, 9.17) is 25.8 Å². The zero-order valence-corrected chi connectivity index (χ0v) is 21.8. The highest BCUT2D eigenvalue weighted by Crippen LogP contribution is 2.25. The van der Waals surface area contributed by atoms with Crippen LogP contribution in [0, 0.1) is 0 Å². The van der Waals surface area contributed by atoms with E-state index in [1.807, 2.05) is 41.3 Å². The van der Waals surface area contributed by atoms with Gasteiger partial charge < -0.3 is 19.1 Å². The molecule has 3 aromatic carbocycles. The van der Waals surface area contributed by atoms with Gasteiger partial charge in [-0.1, -0.05) is 41.9 Å². The Morgan fingerprint density at radius 1 is 0.892 bits per heavy atom. The number of piperazine rings is 1. The summed E-state index contributed by atoms with van der Waals surface area (Å²) in [4.78, 5) is 28.8. The largest absolute Gasteiger partial charge is 0.497 e. The number of nitrogens with zero attached hydrogens (tertiary/aromatic N) is 2. The molecule has 1 aliphatic rings. The lowest BCUT2D eigenvalue weighted by Gasteiger charge is -2.36. The van der Waals surface area contributed by atoms with Crippen molar-refractivity contribution in [3.05, 3.63) is 100 Å². The van der Waals surface area contributed by atoms with Crippen LogP contribution < -0.4 is 4.74 Å². The number of hydrogen-bond acceptors (Lipinski definition) is 6. The minimum atomic E-state index is -0.366. The van der Waals surface area contributed by atoms with Crippen LogP contribution in [-0.2, 0) is 16.1 Å². The molecule has 37 heavy (non-hydrogen) atoms. The first-order valence-corrected chi connectivity index (χ1v) is 12.5. The molecule has 1 amide bonds. The molecular weight excluding hydrogens is 492 g/mol. The Hall–Kier alpha value is -3.39. The molecule has 1 saturated heterocycles. The van der Waals surface area contributed by atoms with Crippen LogP contribution in [0.4, 0.5) is 0 Å². The average Bonchev–Trinajstić information content (AvgIpc) is 2.95.